The fraction of sp³-hybridized carbons (Fsp3) is 1.00. The summed E-state index contributed by atoms with van der Waals surface area (Å²) >= 11 is 0. The molecule has 1 unspecified atom stereocenters. The largest absolute Gasteiger partial charge is 0.271 e. The molecule has 0 aromatic rings. The summed E-state index contributed by atoms with van der Waals surface area (Å²) in [6, 6.07) is 0.560. The molecule has 4 bridgehead atoms. The van der Waals surface area contributed by atoms with Crippen molar-refractivity contribution in [2.24, 2.45) is 34.9 Å². The Labute approximate surface area is 125 Å². The Balaban J connectivity index is 1.55. The minimum atomic E-state index is 0.560. The Morgan fingerprint density at radius 2 is 1.55 bits per heavy atom. The molecule has 0 heterocycles. The van der Waals surface area contributed by atoms with Gasteiger partial charge in [-0.2, -0.15) is 0 Å². The van der Waals surface area contributed by atoms with Gasteiger partial charge in [-0.1, -0.05) is 26.7 Å². The molecule has 2 heteroatoms. The van der Waals surface area contributed by atoms with Gasteiger partial charge in [0, 0.05) is 6.04 Å². The summed E-state index contributed by atoms with van der Waals surface area (Å²) in [6.45, 7) is 4.65. The third-order valence-electron chi connectivity index (χ3n) is 6.41. The summed E-state index contributed by atoms with van der Waals surface area (Å²) in [5.74, 6) is 9.89. The van der Waals surface area contributed by atoms with E-state index in [-0.39, 0.29) is 0 Å². The van der Waals surface area contributed by atoms with Crippen LogP contribution < -0.4 is 11.3 Å². The van der Waals surface area contributed by atoms with E-state index in [0.29, 0.717) is 11.5 Å². The molecule has 116 valence electrons. The van der Waals surface area contributed by atoms with Crippen molar-refractivity contribution in [3.05, 3.63) is 0 Å². The molecular formula is C18H34N2. The summed E-state index contributed by atoms with van der Waals surface area (Å²) < 4.78 is 0. The molecule has 0 saturated heterocycles. The molecule has 4 rings (SSSR count). The third kappa shape index (κ3) is 3.22. The average Bonchev–Trinajstić information content (AvgIpc) is 2.35. The number of nitrogens with one attached hydrogen (secondary N) is 1. The maximum atomic E-state index is 5.87. The highest BCUT2D eigenvalue weighted by Crippen LogP contribution is 2.61. The molecular weight excluding hydrogens is 244 g/mol. The molecule has 1 atom stereocenters. The monoisotopic (exact) mass is 278 g/mol. The van der Waals surface area contributed by atoms with Crippen molar-refractivity contribution >= 4 is 0 Å². The van der Waals surface area contributed by atoms with Gasteiger partial charge >= 0.3 is 0 Å². The lowest BCUT2D eigenvalue weighted by Gasteiger charge is -2.57. The van der Waals surface area contributed by atoms with E-state index in [2.05, 4.69) is 19.3 Å². The number of hydrazine groups is 1. The van der Waals surface area contributed by atoms with E-state index in [0.717, 1.165) is 23.7 Å². The zero-order valence-electron chi connectivity index (χ0n) is 13.5. The Morgan fingerprint density at radius 1 is 1.00 bits per heavy atom. The third-order valence-corrected chi connectivity index (χ3v) is 6.41. The first-order valence-electron chi connectivity index (χ1n) is 9.05. The highest BCUT2D eigenvalue weighted by atomic mass is 15.2. The number of hydrogen-bond donors (Lipinski definition) is 2. The normalized spacial score (nSPS) is 40.5. The van der Waals surface area contributed by atoms with Crippen molar-refractivity contribution in [1.82, 2.24) is 5.43 Å². The van der Waals surface area contributed by atoms with Crippen LogP contribution in [0.1, 0.15) is 78.1 Å². The van der Waals surface area contributed by atoms with Gasteiger partial charge in [-0.15, -0.1) is 0 Å². The van der Waals surface area contributed by atoms with E-state index in [1.54, 1.807) is 19.3 Å². The highest BCUT2D eigenvalue weighted by molar-refractivity contribution is 5.02. The minimum Gasteiger partial charge on any atom is -0.271 e. The van der Waals surface area contributed by atoms with Crippen LogP contribution in [0.25, 0.3) is 0 Å². The highest BCUT2D eigenvalue weighted by Gasteiger charge is 2.51. The molecule has 0 aliphatic heterocycles. The maximum Gasteiger partial charge on any atom is 0.0215 e. The average molecular weight is 278 g/mol. The Bertz CT molecular complexity index is 288. The molecule has 4 aliphatic carbocycles. The summed E-state index contributed by atoms with van der Waals surface area (Å²) in [7, 11) is 0. The van der Waals surface area contributed by atoms with Gasteiger partial charge in [-0.3, -0.25) is 11.3 Å². The van der Waals surface area contributed by atoms with E-state index in [4.69, 9.17) is 5.84 Å². The molecule has 4 aliphatic rings. The van der Waals surface area contributed by atoms with Crippen LogP contribution in [0.5, 0.6) is 0 Å². The van der Waals surface area contributed by atoms with Crippen molar-refractivity contribution in [3.63, 3.8) is 0 Å². The van der Waals surface area contributed by atoms with Crippen LogP contribution in [0.4, 0.5) is 0 Å². The van der Waals surface area contributed by atoms with Crippen LogP contribution in [0.3, 0.4) is 0 Å². The van der Waals surface area contributed by atoms with Crippen LogP contribution in [0.2, 0.25) is 0 Å². The van der Waals surface area contributed by atoms with E-state index < -0.39 is 0 Å². The SMILES string of the molecule is CC(C)CCCC(CC12CC3CC(CC(C3)C1)C2)NN. The molecule has 0 aromatic carbocycles. The van der Waals surface area contributed by atoms with Crippen molar-refractivity contribution in [2.75, 3.05) is 0 Å². The molecule has 3 N–H and O–H groups in total. The fourth-order valence-electron chi connectivity index (χ4n) is 6.08. The van der Waals surface area contributed by atoms with Crippen molar-refractivity contribution in [1.29, 1.82) is 0 Å². The summed E-state index contributed by atoms with van der Waals surface area (Å²) in [5, 5.41) is 0. The second-order valence-electron chi connectivity index (χ2n) is 8.81. The van der Waals surface area contributed by atoms with Gasteiger partial charge in [0.1, 0.15) is 0 Å². The molecule has 20 heavy (non-hydrogen) atoms. The van der Waals surface area contributed by atoms with Crippen LogP contribution >= 0.6 is 0 Å². The lowest BCUT2D eigenvalue weighted by Crippen LogP contribution is -2.49. The van der Waals surface area contributed by atoms with E-state index in [1.165, 1.54) is 44.9 Å². The number of hydrogen-bond acceptors (Lipinski definition) is 2. The lowest BCUT2D eigenvalue weighted by atomic mass is 9.48. The quantitative estimate of drug-likeness (QED) is 0.539. The van der Waals surface area contributed by atoms with Gasteiger partial charge in [0.15, 0.2) is 0 Å². The number of rotatable bonds is 7. The first kappa shape index (κ1) is 14.8. The summed E-state index contributed by atoms with van der Waals surface area (Å²) in [4.78, 5) is 0. The first-order chi connectivity index (χ1) is 9.58. The van der Waals surface area contributed by atoms with Gasteiger partial charge in [0.2, 0.25) is 0 Å². The van der Waals surface area contributed by atoms with Crippen LogP contribution in [-0.2, 0) is 0 Å². The molecule has 0 spiro atoms. The van der Waals surface area contributed by atoms with Gasteiger partial charge in [0.05, 0.1) is 0 Å². The van der Waals surface area contributed by atoms with E-state index in [9.17, 15) is 0 Å². The standard InChI is InChI=1S/C18H34N2/c1-13(2)4-3-5-17(20-19)12-18-9-14-6-15(10-18)8-16(7-14)11-18/h13-17,20H,3-12,19H2,1-2H3. The second kappa shape index (κ2) is 5.96. The van der Waals surface area contributed by atoms with Gasteiger partial charge in [0.25, 0.3) is 0 Å². The Kier molecular flexibility index (Phi) is 4.42. The minimum absolute atomic E-state index is 0.560. The second-order valence-corrected chi connectivity index (χ2v) is 8.81. The first-order valence-corrected chi connectivity index (χ1v) is 9.05. The zero-order chi connectivity index (χ0) is 14.2. The van der Waals surface area contributed by atoms with Gasteiger partial charge in [-0.25, -0.2) is 0 Å². The number of nitrogens with two attached hydrogens (primary N) is 1. The van der Waals surface area contributed by atoms with Crippen LogP contribution in [0.15, 0.2) is 0 Å². The van der Waals surface area contributed by atoms with Gasteiger partial charge < -0.3 is 0 Å². The molecule has 4 saturated carbocycles. The molecule has 0 radical (unpaired) electrons. The smallest absolute Gasteiger partial charge is 0.0215 e. The molecule has 2 nitrogen and oxygen atoms in total. The fourth-order valence-corrected chi connectivity index (χ4v) is 6.08. The molecule has 4 fully saturated rings. The molecule has 0 amide bonds. The maximum absolute atomic E-state index is 5.87. The summed E-state index contributed by atoms with van der Waals surface area (Å²) in [5.41, 5.74) is 3.82. The van der Waals surface area contributed by atoms with Crippen LogP contribution in [0, 0.1) is 29.1 Å². The predicted octanol–water partition coefficient (Wildman–Crippen LogP) is 4.25. The Morgan fingerprint density at radius 3 is 2.00 bits per heavy atom. The predicted molar refractivity (Wildman–Crippen MR) is 85.0 cm³/mol. The molecule has 0 aromatic heterocycles. The van der Waals surface area contributed by atoms with E-state index >= 15 is 0 Å². The van der Waals surface area contributed by atoms with Gasteiger partial charge in [-0.05, 0) is 80.5 Å². The van der Waals surface area contributed by atoms with Crippen molar-refractivity contribution in [2.45, 2.75) is 84.1 Å². The van der Waals surface area contributed by atoms with Crippen molar-refractivity contribution in [3.8, 4) is 0 Å². The van der Waals surface area contributed by atoms with Crippen LogP contribution in [-0.4, -0.2) is 6.04 Å². The summed E-state index contributed by atoms with van der Waals surface area (Å²) in [6.07, 6.45) is 14.5. The van der Waals surface area contributed by atoms with Crippen molar-refractivity contribution < 1.29 is 0 Å². The Hall–Kier alpha value is -0.0800. The topological polar surface area (TPSA) is 38.0 Å². The zero-order valence-corrected chi connectivity index (χ0v) is 13.5. The van der Waals surface area contributed by atoms with E-state index in [1.807, 2.05) is 0 Å². The lowest BCUT2D eigenvalue weighted by molar-refractivity contribution is -0.0625.